The Balaban J connectivity index is 1.85. The summed E-state index contributed by atoms with van der Waals surface area (Å²) in [5, 5.41) is 3.82. The van der Waals surface area contributed by atoms with E-state index in [9.17, 15) is 18.0 Å². The van der Waals surface area contributed by atoms with Crippen molar-refractivity contribution < 1.29 is 22.3 Å². The van der Waals surface area contributed by atoms with Gasteiger partial charge in [0.1, 0.15) is 17.9 Å². The molecule has 5 nitrogen and oxygen atoms in total. The summed E-state index contributed by atoms with van der Waals surface area (Å²) >= 11 is 0. The Labute approximate surface area is 127 Å². The van der Waals surface area contributed by atoms with Crippen molar-refractivity contribution in [1.82, 2.24) is 9.78 Å². The predicted molar refractivity (Wildman–Crippen MR) is 75.2 cm³/mol. The standard InChI is InChI=1S/C15H11F3N2O3/c16-15(17,18)12-9-14(21)23-13-8-10(2-3-11(12)13)22-7-6-20-5-1-4-19-20/h1-5,8-9H,6-7H2. The largest absolute Gasteiger partial charge is 0.492 e. The summed E-state index contributed by atoms with van der Waals surface area (Å²) in [5.41, 5.74) is -2.24. The first kappa shape index (κ1) is 15.1. The molecular weight excluding hydrogens is 313 g/mol. The summed E-state index contributed by atoms with van der Waals surface area (Å²) in [6, 6.07) is 6.12. The van der Waals surface area contributed by atoms with Crippen LogP contribution < -0.4 is 10.4 Å². The number of nitrogens with zero attached hydrogens (tertiary/aromatic N) is 2. The number of halogens is 3. The highest BCUT2D eigenvalue weighted by Crippen LogP contribution is 2.34. The van der Waals surface area contributed by atoms with E-state index in [2.05, 4.69) is 5.10 Å². The number of alkyl halides is 3. The van der Waals surface area contributed by atoms with Crippen LogP contribution in [0.2, 0.25) is 0 Å². The summed E-state index contributed by atoms with van der Waals surface area (Å²) in [6.07, 6.45) is -1.24. The molecule has 8 heteroatoms. The Morgan fingerprint density at radius 3 is 2.78 bits per heavy atom. The summed E-state index contributed by atoms with van der Waals surface area (Å²) in [4.78, 5) is 11.3. The normalized spacial score (nSPS) is 11.8. The summed E-state index contributed by atoms with van der Waals surface area (Å²) in [7, 11) is 0. The van der Waals surface area contributed by atoms with E-state index in [4.69, 9.17) is 9.15 Å². The molecule has 0 spiro atoms. The van der Waals surface area contributed by atoms with Gasteiger partial charge in [-0.05, 0) is 18.2 Å². The Bertz CT molecular complexity index is 870. The molecule has 3 aromatic rings. The molecule has 0 N–H and O–H groups in total. The van der Waals surface area contributed by atoms with E-state index in [1.54, 1.807) is 23.1 Å². The quantitative estimate of drug-likeness (QED) is 0.692. The lowest BCUT2D eigenvalue weighted by atomic mass is 10.1. The smallest absolute Gasteiger partial charge is 0.417 e. The molecular formula is C15H11F3N2O3. The zero-order valence-corrected chi connectivity index (χ0v) is 11.7. The average molecular weight is 324 g/mol. The second-order valence-electron chi connectivity index (χ2n) is 4.75. The molecule has 23 heavy (non-hydrogen) atoms. The maximum absolute atomic E-state index is 12.9. The lowest BCUT2D eigenvalue weighted by molar-refractivity contribution is -0.136. The van der Waals surface area contributed by atoms with Crippen LogP contribution in [0.15, 0.2) is 51.9 Å². The molecule has 3 rings (SSSR count). The third kappa shape index (κ3) is 3.36. The first-order valence-corrected chi connectivity index (χ1v) is 6.69. The van der Waals surface area contributed by atoms with Crippen molar-refractivity contribution in [2.75, 3.05) is 6.61 Å². The van der Waals surface area contributed by atoms with Crippen molar-refractivity contribution >= 4 is 11.0 Å². The Hall–Kier alpha value is -2.77. The van der Waals surface area contributed by atoms with Crippen molar-refractivity contribution in [3.63, 3.8) is 0 Å². The number of aromatic nitrogens is 2. The number of hydrogen-bond donors (Lipinski definition) is 0. The van der Waals surface area contributed by atoms with Crippen molar-refractivity contribution in [3.8, 4) is 5.75 Å². The first-order chi connectivity index (χ1) is 10.9. The number of ether oxygens (including phenoxy) is 1. The Kier molecular flexibility index (Phi) is 3.81. The van der Waals surface area contributed by atoms with Gasteiger partial charge in [0, 0.05) is 29.9 Å². The van der Waals surface area contributed by atoms with Gasteiger partial charge in [-0.3, -0.25) is 4.68 Å². The minimum atomic E-state index is -4.63. The zero-order chi connectivity index (χ0) is 16.4. The molecule has 0 saturated heterocycles. The van der Waals surface area contributed by atoms with Gasteiger partial charge in [0.25, 0.3) is 0 Å². The molecule has 0 amide bonds. The van der Waals surface area contributed by atoms with Gasteiger partial charge in [-0.2, -0.15) is 18.3 Å². The van der Waals surface area contributed by atoms with Crippen molar-refractivity contribution in [2.24, 2.45) is 0 Å². The van der Waals surface area contributed by atoms with Crippen molar-refractivity contribution in [3.05, 3.63) is 58.7 Å². The topological polar surface area (TPSA) is 57.3 Å². The summed E-state index contributed by atoms with van der Waals surface area (Å²) in [5.74, 6) is 0.312. The molecule has 2 heterocycles. The second-order valence-corrected chi connectivity index (χ2v) is 4.75. The molecule has 0 aliphatic carbocycles. The minimum Gasteiger partial charge on any atom is -0.492 e. The summed E-state index contributed by atoms with van der Waals surface area (Å²) < 4.78 is 50.8. The van der Waals surface area contributed by atoms with Crippen LogP contribution in [0.1, 0.15) is 5.56 Å². The van der Waals surface area contributed by atoms with Gasteiger partial charge < -0.3 is 9.15 Å². The Morgan fingerprint density at radius 2 is 2.09 bits per heavy atom. The van der Waals surface area contributed by atoms with E-state index in [-0.39, 0.29) is 17.6 Å². The highest BCUT2D eigenvalue weighted by molar-refractivity contribution is 5.82. The molecule has 0 aliphatic heterocycles. The van der Waals surface area contributed by atoms with Crippen LogP contribution in [-0.4, -0.2) is 16.4 Å². The molecule has 1 aromatic carbocycles. The van der Waals surface area contributed by atoms with Gasteiger partial charge in [-0.25, -0.2) is 4.79 Å². The lowest BCUT2D eigenvalue weighted by Gasteiger charge is -2.11. The monoisotopic (exact) mass is 324 g/mol. The maximum Gasteiger partial charge on any atom is 0.417 e. The second kappa shape index (κ2) is 5.79. The fourth-order valence-corrected chi connectivity index (χ4v) is 2.16. The van der Waals surface area contributed by atoms with Crippen LogP contribution in [0.4, 0.5) is 13.2 Å². The van der Waals surface area contributed by atoms with Gasteiger partial charge in [-0.1, -0.05) is 0 Å². The van der Waals surface area contributed by atoms with Crippen molar-refractivity contribution in [2.45, 2.75) is 12.7 Å². The van der Waals surface area contributed by atoms with Gasteiger partial charge in [0.05, 0.1) is 12.1 Å². The molecule has 0 radical (unpaired) electrons. The van der Waals surface area contributed by atoms with Crippen LogP contribution >= 0.6 is 0 Å². The number of rotatable bonds is 4. The lowest BCUT2D eigenvalue weighted by Crippen LogP contribution is -2.11. The molecule has 0 fully saturated rings. The van der Waals surface area contributed by atoms with Crippen LogP contribution in [-0.2, 0) is 12.7 Å². The Morgan fingerprint density at radius 1 is 1.26 bits per heavy atom. The molecule has 2 aromatic heterocycles. The highest BCUT2D eigenvalue weighted by Gasteiger charge is 2.33. The van der Waals surface area contributed by atoms with Crippen LogP contribution in [0, 0.1) is 0 Å². The third-order valence-electron chi connectivity index (χ3n) is 3.17. The molecule has 0 saturated carbocycles. The van der Waals surface area contributed by atoms with Gasteiger partial charge in [-0.15, -0.1) is 0 Å². The van der Waals surface area contributed by atoms with E-state index in [0.29, 0.717) is 18.4 Å². The molecule has 0 atom stereocenters. The molecule has 0 aliphatic rings. The number of benzene rings is 1. The van der Waals surface area contributed by atoms with Crippen LogP contribution in [0.25, 0.3) is 11.0 Å². The van der Waals surface area contributed by atoms with E-state index < -0.39 is 17.4 Å². The van der Waals surface area contributed by atoms with Gasteiger partial charge in [0.15, 0.2) is 0 Å². The van der Waals surface area contributed by atoms with Gasteiger partial charge >= 0.3 is 11.8 Å². The first-order valence-electron chi connectivity index (χ1n) is 6.69. The molecule has 0 bridgehead atoms. The van der Waals surface area contributed by atoms with Crippen LogP contribution in [0.3, 0.4) is 0 Å². The maximum atomic E-state index is 12.9. The minimum absolute atomic E-state index is 0.165. The number of fused-ring (bicyclic) bond motifs is 1. The van der Waals surface area contributed by atoms with E-state index in [1.807, 2.05) is 0 Å². The molecule has 120 valence electrons. The van der Waals surface area contributed by atoms with Crippen molar-refractivity contribution in [1.29, 1.82) is 0 Å². The van der Waals surface area contributed by atoms with E-state index in [0.717, 1.165) is 0 Å². The third-order valence-corrected chi connectivity index (χ3v) is 3.17. The fraction of sp³-hybridized carbons (Fsp3) is 0.200. The molecule has 0 unspecified atom stereocenters. The van der Waals surface area contributed by atoms with Crippen LogP contribution in [0.5, 0.6) is 5.75 Å². The average Bonchev–Trinajstić information content (AvgIpc) is 2.98. The predicted octanol–water partition coefficient (Wildman–Crippen LogP) is 3.09. The number of hydrogen-bond acceptors (Lipinski definition) is 4. The van der Waals surface area contributed by atoms with E-state index >= 15 is 0 Å². The zero-order valence-electron chi connectivity index (χ0n) is 11.7. The SMILES string of the molecule is O=c1cc(C(F)(F)F)c2ccc(OCCn3cccn3)cc2o1. The van der Waals surface area contributed by atoms with Gasteiger partial charge in [0.2, 0.25) is 0 Å². The summed E-state index contributed by atoms with van der Waals surface area (Å²) in [6.45, 7) is 0.758. The fourth-order valence-electron chi connectivity index (χ4n) is 2.16. The van der Waals surface area contributed by atoms with E-state index in [1.165, 1.54) is 18.2 Å². The highest BCUT2D eigenvalue weighted by atomic mass is 19.4.